The summed E-state index contributed by atoms with van der Waals surface area (Å²) in [4.78, 5) is -0.0792. The predicted octanol–water partition coefficient (Wildman–Crippen LogP) is 2.74. The Morgan fingerprint density at radius 1 is 1.29 bits per heavy atom. The number of nitrogens with two attached hydrogens (primary N) is 1. The summed E-state index contributed by atoms with van der Waals surface area (Å²) < 4.78 is 27.0. The lowest BCUT2D eigenvalue weighted by Gasteiger charge is -2.14. The molecule has 0 amide bonds. The van der Waals surface area contributed by atoms with Gasteiger partial charge in [0.15, 0.2) is 5.82 Å². The summed E-state index contributed by atoms with van der Waals surface area (Å²) >= 11 is 5.92. The number of halogens is 1. The van der Waals surface area contributed by atoms with Gasteiger partial charge in [-0.3, -0.25) is 9.82 Å². The second-order valence-corrected chi connectivity index (χ2v) is 7.77. The van der Waals surface area contributed by atoms with Crippen LogP contribution in [0.3, 0.4) is 0 Å². The van der Waals surface area contributed by atoms with Gasteiger partial charge in [-0.15, -0.1) is 0 Å². The van der Waals surface area contributed by atoms with E-state index in [0.717, 1.165) is 5.69 Å². The van der Waals surface area contributed by atoms with Crippen molar-refractivity contribution in [1.29, 1.82) is 0 Å². The molecule has 0 atom stereocenters. The molecule has 0 aliphatic rings. The lowest BCUT2D eigenvalue weighted by Crippen LogP contribution is -2.14. The summed E-state index contributed by atoms with van der Waals surface area (Å²) in [7, 11) is -3.84. The van der Waals surface area contributed by atoms with Gasteiger partial charge in [-0.2, -0.15) is 5.10 Å². The minimum absolute atomic E-state index is 0.0792. The molecule has 0 aliphatic carbocycles. The van der Waals surface area contributed by atoms with Gasteiger partial charge in [0.25, 0.3) is 10.0 Å². The second-order valence-electron chi connectivity index (χ2n) is 5.71. The van der Waals surface area contributed by atoms with E-state index in [0.29, 0.717) is 5.69 Å². The highest BCUT2D eigenvalue weighted by Crippen LogP contribution is 2.27. The van der Waals surface area contributed by atoms with Gasteiger partial charge in [-0.1, -0.05) is 32.4 Å². The number of nitrogens with one attached hydrogen (secondary N) is 2. The SMILES string of the molecule is CC(C)(C)c1cc(NS(=O)(=O)c2cc(N)ccc2Cl)n[nH]1. The number of aromatic nitrogens is 2. The fraction of sp³-hybridized carbons (Fsp3) is 0.308. The molecule has 21 heavy (non-hydrogen) atoms. The molecular weight excluding hydrogens is 312 g/mol. The normalized spacial score (nSPS) is 12.4. The van der Waals surface area contributed by atoms with Crippen LogP contribution >= 0.6 is 11.6 Å². The van der Waals surface area contributed by atoms with Crippen molar-refractivity contribution in [3.63, 3.8) is 0 Å². The van der Waals surface area contributed by atoms with Crippen LogP contribution in [0.2, 0.25) is 5.02 Å². The maximum absolute atomic E-state index is 12.3. The Hall–Kier alpha value is -1.73. The number of sulfonamides is 1. The summed E-state index contributed by atoms with van der Waals surface area (Å²) in [6.07, 6.45) is 0. The van der Waals surface area contributed by atoms with E-state index in [2.05, 4.69) is 14.9 Å². The van der Waals surface area contributed by atoms with Crippen molar-refractivity contribution in [3.8, 4) is 0 Å². The molecule has 114 valence electrons. The lowest BCUT2D eigenvalue weighted by molar-refractivity contribution is 0.567. The van der Waals surface area contributed by atoms with Crippen LogP contribution in [0.15, 0.2) is 29.2 Å². The summed E-state index contributed by atoms with van der Waals surface area (Å²) in [5, 5.41) is 6.87. The van der Waals surface area contributed by atoms with Crippen LogP contribution in [0.25, 0.3) is 0 Å². The van der Waals surface area contributed by atoms with E-state index in [1.165, 1.54) is 18.2 Å². The Kier molecular flexibility index (Phi) is 3.90. The molecule has 0 saturated heterocycles. The molecule has 2 rings (SSSR count). The average Bonchev–Trinajstić information content (AvgIpc) is 2.79. The number of hydrogen-bond donors (Lipinski definition) is 3. The number of aromatic amines is 1. The van der Waals surface area contributed by atoms with Crippen molar-refractivity contribution in [2.75, 3.05) is 10.5 Å². The highest BCUT2D eigenvalue weighted by molar-refractivity contribution is 7.92. The Morgan fingerprint density at radius 2 is 1.95 bits per heavy atom. The first-order valence-electron chi connectivity index (χ1n) is 6.23. The molecule has 0 spiro atoms. The van der Waals surface area contributed by atoms with Gasteiger partial charge in [-0.05, 0) is 18.2 Å². The van der Waals surface area contributed by atoms with Crippen molar-refractivity contribution in [2.24, 2.45) is 0 Å². The molecule has 0 fully saturated rings. The Balaban J connectivity index is 2.34. The van der Waals surface area contributed by atoms with E-state index in [-0.39, 0.29) is 21.2 Å². The Labute approximate surface area is 128 Å². The third-order valence-electron chi connectivity index (χ3n) is 2.87. The van der Waals surface area contributed by atoms with E-state index in [4.69, 9.17) is 17.3 Å². The van der Waals surface area contributed by atoms with Gasteiger partial charge in [0.2, 0.25) is 0 Å². The molecular formula is C13H17ClN4O2S. The van der Waals surface area contributed by atoms with E-state index in [9.17, 15) is 8.42 Å². The molecule has 4 N–H and O–H groups in total. The molecule has 8 heteroatoms. The quantitative estimate of drug-likeness (QED) is 0.754. The van der Waals surface area contributed by atoms with Crippen molar-refractivity contribution < 1.29 is 8.42 Å². The van der Waals surface area contributed by atoms with Gasteiger partial charge in [0, 0.05) is 22.9 Å². The highest BCUT2D eigenvalue weighted by Gasteiger charge is 2.22. The van der Waals surface area contributed by atoms with Gasteiger partial charge in [0.1, 0.15) is 4.90 Å². The topological polar surface area (TPSA) is 101 Å². The Morgan fingerprint density at radius 3 is 2.52 bits per heavy atom. The van der Waals surface area contributed by atoms with Crippen LogP contribution in [0.5, 0.6) is 0 Å². The molecule has 1 aromatic carbocycles. The number of H-pyrrole nitrogens is 1. The monoisotopic (exact) mass is 328 g/mol. The maximum Gasteiger partial charge on any atom is 0.264 e. The van der Waals surface area contributed by atoms with E-state index in [1.807, 2.05) is 20.8 Å². The smallest absolute Gasteiger partial charge is 0.264 e. The van der Waals surface area contributed by atoms with Crippen LogP contribution in [-0.2, 0) is 15.4 Å². The Bertz CT molecular complexity index is 763. The molecule has 1 aromatic heterocycles. The summed E-state index contributed by atoms with van der Waals surface area (Å²) in [5.74, 6) is 0.207. The second kappa shape index (κ2) is 5.23. The van der Waals surface area contributed by atoms with E-state index in [1.54, 1.807) is 6.07 Å². The number of nitrogen functional groups attached to an aromatic ring is 1. The molecule has 1 heterocycles. The highest BCUT2D eigenvalue weighted by atomic mass is 35.5. The summed E-state index contributed by atoms with van der Waals surface area (Å²) in [6, 6.07) is 5.93. The minimum Gasteiger partial charge on any atom is -0.399 e. The molecule has 0 bridgehead atoms. The zero-order chi connectivity index (χ0) is 15.8. The van der Waals surface area contributed by atoms with Gasteiger partial charge in [0.05, 0.1) is 5.02 Å². The molecule has 0 unspecified atom stereocenters. The number of hydrogen-bond acceptors (Lipinski definition) is 4. The van der Waals surface area contributed by atoms with E-state index >= 15 is 0 Å². The molecule has 0 radical (unpaired) electrons. The van der Waals surface area contributed by atoms with Crippen molar-refractivity contribution in [2.45, 2.75) is 31.1 Å². The predicted molar refractivity (Wildman–Crippen MR) is 84.0 cm³/mol. The largest absolute Gasteiger partial charge is 0.399 e. The van der Waals surface area contributed by atoms with Crippen LogP contribution in [0.4, 0.5) is 11.5 Å². The number of anilines is 2. The number of rotatable bonds is 3. The van der Waals surface area contributed by atoms with Gasteiger partial charge in [-0.25, -0.2) is 8.42 Å². The van der Waals surface area contributed by atoms with Crippen LogP contribution in [0, 0.1) is 0 Å². The zero-order valence-electron chi connectivity index (χ0n) is 11.9. The first kappa shape index (κ1) is 15.7. The maximum atomic E-state index is 12.3. The van der Waals surface area contributed by atoms with E-state index < -0.39 is 10.0 Å². The summed E-state index contributed by atoms with van der Waals surface area (Å²) in [6.45, 7) is 5.98. The fourth-order valence-corrected chi connectivity index (χ4v) is 3.20. The molecule has 2 aromatic rings. The first-order valence-corrected chi connectivity index (χ1v) is 8.09. The molecule has 6 nitrogen and oxygen atoms in total. The van der Waals surface area contributed by atoms with Crippen LogP contribution in [-0.4, -0.2) is 18.6 Å². The van der Waals surface area contributed by atoms with Crippen LogP contribution < -0.4 is 10.5 Å². The number of benzene rings is 1. The zero-order valence-corrected chi connectivity index (χ0v) is 13.5. The lowest BCUT2D eigenvalue weighted by atomic mass is 9.92. The van der Waals surface area contributed by atoms with Crippen LogP contribution in [0.1, 0.15) is 26.5 Å². The van der Waals surface area contributed by atoms with Crippen molar-refractivity contribution >= 4 is 33.1 Å². The first-order chi connectivity index (χ1) is 9.59. The summed E-state index contributed by atoms with van der Waals surface area (Å²) in [5.41, 5.74) is 6.58. The fourth-order valence-electron chi connectivity index (χ4n) is 1.68. The minimum atomic E-state index is -3.84. The van der Waals surface area contributed by atoms with Gasteiger partial charge >= 0.3 is 0 Å². The van der Waals surface area contributed by atoms with Gasteiger partial charge < -0.3 is 5.73 Å². The van der Waals surface area contributed by atoms with Crippen molar-refractivity contribution in [1.82, 2.24) is 10.2 Å². The average molecular weight is 329 g/mol. The third kappa shape index (κ3) is 3.48. The standard InChI is InChI=1S/C13H17ClN4O2S/c1-13(2,3)11-7-12(17-16-11)18-21(19,20)10-6-8(15)4-5-9(10)14/h4-7H,15H2,1-3H3,(H2,16,17,18). The molecule has 0 aliphatic heterocycles. The third-order valence-corrected chi connectivity index (χ3v) is 4.71. The number of nitrogens with zero attached hydrogens (tertiary/aromatic N) is 1. The van der Waals surface area contributed by atoms with Crippen molar-refractivity contribution in [3.05, 3.63) is 35.0 Å². The molecule has 0 saturated carbocycles.